The predicted octanol–water partition coefficient (Wildman–Crippen LogP) is 0.0551. The predicted molar refractivity (Wildman–Crippen MR) is 46.0 cm³/mol. The van der Waals surface area contributed by atoms with E-state index in [0.717, 1.165) is 0 Å². The normalized spacial score (nSPS) is 12.7. The molecule has 5 nitrogen and oxygen atoms in total. The van der Waals surface area contributed by atoms with Gasteiger partial charge in [-0.15, -0.1) is 0 Å². The molecule has 0 spiro atoms. The molecule has 0 aromatic rings. The smallest absolute Gasteiger partial charge is 0.475 e. The first-order valence-corrected chi connectivity index (χ1v) is 3.76. The molecule has 90 valence electrons. The molecular formula is C7H13F3N2O3. The summed E-state index contributed by atoms with van der Waals surface area (Å²) in [6.07, 6.45) is -5.08. The third-order valence-electron chi connectivity index (χ3n) is 1.43. The molecule has 8 heteroatoms. The molecule has 1 amide bonds. The summed E-state index contributed by atoms with van der Waals surface area (Å²) < 4.78 is 31.7. The zero-order valence-electron chi connectivity index (χ0n) is 8.50. The number of rotatable bonds is 2. The maximum Gasteiger partial charge on any atom is 0.490 e. The molecule has 0 rings (SSSR count). The van der Waals surface area contributed by atoms with Gasteiger partial charge in [0.05, 0.1) is 6.04 Å². The Bertz CT molecular complexity index is 228. The monoisotopic (exact) mass is 230 g/mol. The minimum absolute atomic E-state index is 0.157. The number of nitrogens with zero attached hydrogens (tertiary/aromatic N) is 1. The van der Waals surface area contributed by atoms with Crippen LogP contribution in [0.2, 0.25) is 0 Å². The average molecular weight is 230 g/mol. The van der Waals surface area contributed by atoms with Crippen LogP contribution in [-0.2, 0) is 9.59 Å². The van der Waals surface area contributed by atoms with E-state index in [1.165, 1.54) is 0 Å². The van der Waals surface area contributed by atoms with Gasteiger partial charge in [0.25, 0.3) is 0 Å². The highest BCUT2D eigenvalue weighted by Gasteiger charge is 2.38. The van der Waals surface area contributed by atoms with Crippen molar-refractivity contribution in [2.45, 2.75) is 19.1 Å². The van der Waals surface area contributed by atoms with E-state index < -0.39 is 12.1 Å². The lowest BCUT2D eigenvalue weighted by atomic mass is 10.3. The number of primary amides is 1. The number of carbonyl (C=O) groups excluding carboxylic acids is 1. The Morgan fingerprint density at radius 2 is 1.60 bits per heavy atom. The second kappa shape index (κ2) is 6.23. The number of amides is 1. The van der Waals surface area contributed by atoms with Crippen molar-refractivity contribution in [1.29, 1.82) is 0 Å². The number of nitrogens with two attached hydrogens (primary N) is 1. The number of carboxylic acids is 1. The molecule has 1 atom stereocenters. The van der Waals surface area contributed by atoms with Gasteiger partial charge in [-0.1, -0.05) is 0 Å². The van der Waals surface area contributed by atoms with Crippen LogP contribution in [0.1, 0.15) is 6.92 Å². The number of hydrogen-bond acceptors (Lipinski definition) is 3. The van der Waals surface area contributed by atoms with E-state index in [2.05, 4.69) is 0 Å². The number of likely N-dealkylation sites (N-methyl/N-ethyl adjacent to an activating group) is 1. The van der Waals surface area contributed by atoms with Crippen molar-refractivity contribution in [1.82, 2.24) is 4.90 Å². The summed E-state index contributed by atoms with van der Waals surface area (Å²) in [5.41, 5.74) is 4.96. The first kappa shape index (κ1) is 16.1. The fourth-order valence-electron chi connectivity index (χ4n) is 0.254. The Morgan fingerprint density at radius 3 is 1.60 bits per heavy atom. The maximum atomic E-state index is 10.6. The van der Waals surface area contributed by atoms with Crippen LogP contribution in [-0.4, -0.2) is 48.2 Å². The molecule has 0 aromatic carbocycles. The first-order valence-electron chi connectivity index (χ1n) is 3.76. The van der Waals surface area contributed by atoms with Gasteiger partial charge in [0.2, 0.25) is 5.91 Å². The van der Waals surface area contributed by atoms with Crippen molar-refractivity contribution < 1.29 is 27.9 Å². The molecule has 0 fully saturated rings. The van der Waals surface area contributed by atoms with Gasteiger partial charge in [-0.3, -0.25) is 9.69 Å². The van der Waals surface area contributed by atoms with Crippen LogP contribution in [0.25, 0.3) is 0 Å². The van der Waals surface area contributed by atoms with E-state index >= 15 is 0 Å². The molecule has 0 saturated carbocycles. The quantitative estimate of drug-likeness (QED) is 0.702. The second-order valence-corrected chi connectivity index (χ2v) is 2.84. The van der Waals surface area contributed by atoms with Crippen molar-refractivity contribution >= 4 is 11.9 Å². The lowest BCUT2D eigenvalue weighted by Gasteiger charge is -2.14. The Labute approximate surface area is 84.6 Å². The minimum atomic E-state index is -5.08. The van der Waals surface area contributed by atoms with Gasteiger partial charge >= 0.3 is 12.1 Å². The van der Waals surface area contributed by atoms with Crippen molar-refractivity contribution in [2.75, 3.05) is 14.1 Å². The summed E-state index contributed by atoms with van der Waals surface area (Å²) in [6.45, 7) is 1.77. The summed E-state index contributed by atoms with van der Waals surface area (Å²) in [5, 5.41) is 7.12. The standard InChI is InChI=1S/C5H12N2O.C2HF3O2/c1-4(5(6)8)7(2)3;3-2(4,5)1(6)7/h4H,1-3H3,(H2,6,8);(H,6,7). The van der Waals surface area contributed by atoms with E-state index in [-0.39, 0.29) is 11.9 Å². The molecule has 0 radical (unpaired) electrons. The van der Waals surface area contributed by atoms with Crippen LogP contribution in [0, 0.1) is 0 Å². The van der Waals surface area contributed by atoms with Gasteiger partial charge in [0, 0.05) is 0 Å². The zero-order valence-corrected chi connectivity index (χ0v) is 8.50. The number of alkyl halides is 3. The zero-order chi connectivity index (χ0) is 12.8. The van der Waals surface area contributed by atoms with Gasteiger partial charge < -0.3 is 10.8 Å². The molecule has 0 aliphatic heterocycles. The van der Waals surface area contributed by atoms with E-state index in [1.807, 2.05) is 14.1 Å². The van der Waals surface area contributed by atoms with Crippen molar-refractivity contribution in [3.63, 3.8) is 0 Å². The Hall–Kier alpha value is -1.31. The van der Waals surface area contributed by atoms with Crippen molar-refractivity contribution in [2.24, 2.45) is 5.73 Å². The van der Waals surface area contributed by atoms with Gasteiger partial charge in [-0.25, -0.2) is 4.79 Å². The molecule has 0 aliphatic carbocycles. The Morgan fingerprint density at radius 1 is 1.33 bits per heavy atom. The Balaban J connectivity index is 0. The largest absolute Gasteiger partial charge is 0.490 e. The van der Waals surface area contributed by atoms with Crippen LogP contribution in [0.4, 0.5) is 13.2 Å². The van der Waals surface area contributed by atoms with Gasteiger partial charge in [-0.2, -0.15) is 13.2 Å². The highest BCUT2D eigenvalue weighted by atomic mass is 19.4. The molecular weight excluding hydrogens is 217 g/mol. The van der Waals surface area contributed by atoms with Crippen LogP contribution in [0.15, 0.2) is 0 Å². The minimum Gasteiger partial charge on any atom is -0.475 e. The lowest BCUT2D eigenvalue weighted by Crippen LogP contribution is -2.37. The van der Waals surface area contributed by atoms with Crippen LogP contribution >= 0.6 is 0 Å². The summed E-state index contributed by atoms with van der Waals surface area (Å²) in [5.74, 6) is -3.04. The molecule has 0 aromatic heterocycles. The highest BCUT2D eigenvalue weighted by Crippen LogP contribution is 2.13. The van der Waals surface area contributed by atoms with E-state index in [0.29, 0.717) is 0 Å². The van der Waals surface area contributed by atoms with Crippen LogP contribution in [0.5, 0.6) is 0 Å². The average Bonchev–Trinajstić information content (AvgIpc) is 2.01. The van der Waals surface area contributed by atoms with Crippen LogP contribution < -0.4 is 5.73 Å². The molecule has 0 bridgehead atoms. The number of carbonyl (C=O) groups is 2. The SMILES string of the molecule is CC(C(N)=O)N(C)C.O=C(O)C(F)(F)F. The molecule has 0 saturated heterocycles. The van der Waals surface area contributed by atoms with Crippen molar-refractivity contribution in [3.8, 4) is 0 Å². The summed E-state index contributed by atoms with van der Waals surface area (Å²) in [6, 6.07) is -0.157. The number of carboxylic acid groups (broad SMARTS) is 1. The number of halogens is 3. The first-order chi connectivity index (χ1) is 6.50. The van der Waals surface area contributed by atoms with E-state index in [9.17, 15) is 18.0 Å². The molecule has 3 N–H and O–H groups in total. The molecule has 15 heavy (non-hydrogen) atoms. The second-order valence-electron chi connectivity index (χ2n) is 2.84. The summed E-state index contributed by atoms with van der Waals surface area (Å²) >= 11 is 0. The van der Waals surface area contributed by atoms with Gasteiger partial charge in [-0.05, 0) is 21.0 Å². The number of hydrogen-bond donors (Lipinski definition) is 2. The fraction of sp³-hybridized carbons (Fsp3) is 0.714. The Kier molecular flexibility index (Phi) is 6.70. The van der Waals surface area contributed by atoms with Crippen molar-refractivity contribution in [3.05, 3.63) is 0 Å². The molecule has 1 unspecified atom stereocenters. The highest BCUT2D eigenvalue weighted by molar-refractivity contribution is 5.79. The number of aliphatic carboxylic acids is 1. The van der Waals surface area contributed by atoms with Crippen LogP contribution in [0.3, 0.4) is 0 Å². The maximum absolute atomic E-state index is 10.6. The summed E-state index contributed by atoms with van der Waals surface area (Å²) in [4.78, 5) is 21.0. The third-order valence-corrected chi connectivity index (χ3v) is 1.43. The van der Waals surface area contributed by atoms with Gasteiger partial charge in [0.1, 0.15) is 0 Å². The summed E-state index contributed by atoms with van der Waals surface area (Å²) in [7, 11) is 3.63. The lowest BCUT2D eigenvalue weighted by molar-refractivity contribution is -0.192. The van der Waals surface area contributed by atoms with E-state index in [1.54, 1.807) is 11.8 Å². The third kappa shape index (κ3) is 9.01. The van der Waals surface area contributed by atoms with E-state index in [4.69, 9.17) is 15.6 Å². The van der Waals surface area contributed by atoms with Gasteiger partial charge in [0.15, 0.2) is 0 Å². The molecule has 0 heterocycles. The molecule has 0 aliphatic rings. The fourth-order valence-corrected chi connectivity index (χ4v) is 0.254. The topological polar surface area (TPSA) is 83.6 Å².